The highest BCUT2D eigenvalue weighted by Crippen LogP contribution is 2.37. The molecule has 3 aromatic rings. The Labute approximate surface area is 163 Å². The number of hydrogen-bond donors (Lipinski definition) is 0. The zero-order chi connectivity index (χ0) is 19.9. The normalized spacial score (nSPS) is 18.6. The Morgan fingerprint density at radius 2 is 1.89 bits per heavy atom. The number of sulfonamides is 1. The van der Waals surface area contributed by atoms with Crippen LogP contribution in [-0.2, 0) is 16.2 Å². The van der Waals surface area contributed by atoms with Crippen LogP contribution in [0.25, 0.3) is 10.6 Å². The summed E-state index contributed by atoms with van der Waals surface area (Å²) in [4.78, 5) is 0.302. The SMILES string of the molecule is O=S(=O)(c1ccc(-c2cc(C(F)(F)F)on2)s1)N1CCC(c2ccccc2)C1. The van der Waals surface area contributed by atoms with Crippen molar-refractivity contribution in [3.63, 3.8) is 0 Å². The first-order valence-electron chi connectivity index (χ1n) is 8.44. The van der Waals surface area contributed by atoms with E-state index >= 15 is 0 Å². The summed E-state index contributed by atoms with van der Waals surface area (Å²) in [5.74, 6) is -1.09. The molecule has 1 fully saturated rings. The van der Waals surface area contributed by atoms with Crippen LogP contribution >= 0.6 is 11.3 Å². The number of halogens is 3. The molecule has 1 aromatic carbocycles. The Kier molecular flexibility index (Phi) is 4.80. The van der Waals surface area contributed by atoms with Crippen LogP contribution < -0.4 is 0 Å². The third kappa shape index (κ3) is 3.59. The molecule has 4 rings (SSSR count). The minimum Gasteiger partial charge on any atom is -0.351 e. The molecule has 0 radical (unpaired) electrons. The van der Waals surface area contributed by atoms with Gasteiger partial charge in [-0.25, -0.2) is 8.42 Å². The van der Waals surface area contributed by atoms with E-state index in [4.69, 9.17) is 0 Å². The second-order valence-electron chi connectivity index (χ2n) is 6.45. The Bertz CT molecular complexity index is 1070. The van der Waals surface area contributed by atoms with Crippen molar-refractivity contribution < 1.29 is 26.1 Å². The first kappa shape index (κ1) is 19.2. The molecule has 3 heterocycles. The van der Waals surface area contributed by atoms with Crippen LogP contribution in [0.15, 0.2) is 57.3 Å². The predicted molar refractivity (Wildman–Crippen MR) is 97.4 cm³/mol. The minimum atomic E-state index is -4.64. The number of hydrogen-bond acceptors (Lipinski definition) is 5. The van der Waals surface area contributed by atoms with Gasteiger partial charge in [0, 0.05) is 19.2 Å². The van der Waals surface area contributed by atoms with Gasteiger partial charge in [0.15, 0.2) is 0 Å². The van der Waals surface area contributed by atoms with Gasteiger partial charge in [0.05, 0.1) is 4.88 Å². The van der Waals surface area contributed by atoms with Gasteiger partial charge < -0.3 is 4.52 Å². The maximum absolute atomic E-state index is 12.9. The van der Waals surface area contributed by atoms with Crippen molar-refractivity contribution in [1.82, 2.24) is 9.46 Å². The van der Waals surface area contributed by atoms with E-state index in [2.05, 4.69) is 9.68 Å². The van der Waals surface area contributed by atoms with Crippen molar-refractivity contribution in [3.8, 4) is 10.6 Å². The molecule has 1 atom stereocenters. The van der Waals surface area contributed by atoms with E-state index in [1.807, 2.05) is 30.3 Å². The van der Waals surface area contributed by atoms with E-state index in [1.165, 1.54) is 16.4 Å². The van der Waals surface area contributed by atoms with Crippen LogP contribution in [0.1, 0.15) is 23.7 Å². The minimum absolute atomic E-state index is 0.0395. The zero-order valence-electron chi connectivity index (χ0n) is 14.4. The van der Waals surface area contributed by atoms with Gasteiger partial charge in [-0.1, -0.05) is 35.5 Å². The molecule has 0 aliphatic carbocycles. The zero-order valence-corrected chi connectivity index (χ0v) is 16.0. The molecule has 1 aliphatic rings. The van der Waals surface area contributed by atoms with Crippen LogP contribution in [0, 0.1) is 0 Å². The summed E-state index contributed by atoms with van der Waals surface area (Å²) in [7, 11) is -3.72. The van der Waals surface area contributed by atoms with Crippen molar-refractivity contribution in [2.75, 3.05) is 13.1 Å². The summed E-state index contributed by atoms with van der Waals surface area (Å²) in [6.07, 6.45) is -3.92. The summed E-state index contributed by atoms with van der Waals surface area (Å²) in [6, 6.07) is 13.3. The van der Waals surface area contributed by atoms with Gasteiger partial charge >= 0.3 is 6.18 Å². The lowest BCUT2D eigenvalue weighted by atomic mass is 9.99. The lowest BCUT2D eigenvalue weighted by Gasteiger charge is -2.15. The smallest absolute Gasteiger partial charge is 0.351 e. The van der Waals surface area contributed by atoms with E-state index in [9.17, 15) is 21.6 Å². The molecular weight excluding hydrogens is 413 g/mol. The van der Waals surface area contributed by atoms with Gasteiger partial charge in [-0.05, 0) is 30.0 Å². The number of benzene rings is 1. The fourth-order valence-electron chi connectivity index (χ4n) is 3.19. The third-order valence-corrected chi connectivity index (χ3v) is 8.08. The highest BCUT2D eigenvalue weighted by atomic mass is 32.2. The van der Waals surface area contributed by atoms with Crippen LogP contribution in [0.4, 0.5) is 13.2 Å². The monoisotopic (exact) mass is 428 g/mol. The van der Waals surface area contributed by atoms with E-state index in [0.717, 1.165) is 29.4 Å². The Morgan fingerprint density at radius 3 is 2.57 bits per heavy atom. The summed E-state index contributed by atoms with van der Waals surface area (Å²) < 4.78 is 69.7. The summed E-state index contributed by atoms with van der Waals surface area (Å²) in [5, 5.41) is 3.40. The summed E-state index contributed by atoms with van der Waals surface area (Å²) >= 11 is 0.881. The van der Waals surface area contributed by atoms with Crippen LogP contribution in [-0.4, -0.2) is 31.0 Å². The molecule has 28 heavy (non-hydrogen) atoms. The summed E-state index contributed by atoms with van der Waals surface area (Å²) in [5.41, 5.74) is 1.05. The highest BCUT2D eigenvalue weighted by molar-refractivity contribution is 7.91. The number of nitrogens with zero attached hydrogens (tertiary/aromatic N) is 2. The first-order chi connectivity index (χ1) is 13.2. The average molecular weight is 428 g/mol. The van der Waals surface area contributed by atoms with E-state index in [-0.39, 0.29) is 15.8 Å². The quantitative estimate of drug-likeness (QED) is 0.609. The van der Waals surface area contributed by atoms with Gasteiger partial charge in [-0.3, -0.25) is 0 Å². The maximum Gasteiger partial charge on any atom is 0.452 e. The number of aromatic nitrogens is 1. The summed E-state index contributed by atoms with van der Waals surface area (Å²) in [6.45, 7) is 0.777. The lowest BCUT2D eigenvalue weighted by molar-refractivity contribution is -0.155. The highest BCUT2D eigenvalue weighted by Gasteiger charge is 2.37. The van der Waals surface area contributed by atoms with Crippen LogP contribution in [0.5, 0.6) is 0 Å². The number of thiophene rings is 1. The van der Waals surface area contributed by atoms with Gasteiger partial charge in [-0.2, -0.15) is 17.5 Å². The largest absolute Gasteiger partial charge is 0.452 e. The topological polar surface area (TPSA) is 63.4 Å². The van der Waals surface area contributed by atoms with E-state index in [1.54, 1.807) is 0 Å². The van der Waals surface area contributed by atoms with E-state index in [0.29, 0.717) is 18.0 Å². The number of alkyl halides is 3. The third-order valence-electron chi connectivity index (χ3n) is 4.64. The second kappa shape index (κ2) is 7.02. The molecule has 2 aromatic heterocycles. The molecule has 1 unspecified atom stereocenters. The molecule has 1 aliphatic heterocycles. The average Bonchev–Trinajstić information content (AvgIpc) is 3.41. The molecule has 0 spiro atoms. The molecule has 0 amide bonds. The molecule has 0 bridgehead atoms. The van der Waals surface area contributed by atoms with Crippen molar-refractivity contribution in [1.29, 1.82) is 0 Å². The van der Waals surface area contributed by atoms with Crippen LogP contribution in [0.3, 0.4) is 0 Å². The Hall–Kier alpha value is -2.17. The molecular formula is C18H15F3N2O3S2. The Balaban J connectivity index is 1.54. The maximum atomic E-state index is 12.9. The molecule has 0 saturated carbocycles. The van der Waals surface area contributed by atoms with Crippen molar-refractivity contribution in [2.45, 2.75) is 22.7 Å². The van der Waals surface area contributed by atoms with E-state index < -0.39 is 22.0 Å². The number of rotatable bonds is 4. The van der Waals surface area contributed by atoms with Gasteiger partial charge in [0.1, 0.15) is 9.90 Å². The standard InChI is InChI=1S/C18H15F3N2O3S2/c19-18(20,21)16-10-14(22-26-16)15-6-7-17(27-15)28(24,25)23-9-8-13(11-23)12-4-2-1-3-5-12/h1-7,10,13H,8-9,11H2. The predicted octanol–water partition coefficient (Wildman–Crippen LogP) is 4.60. The van der Waals surface area contributed by atoms with Gasteiger partial charge in [0.25, 0.3) is 10.0 Å². The Morgan fingerprint density at radius 1 is 1.14 bits per heavy atom. The molecule has 148 valence electrons. The lowest BCUT2D eigenvalue weighted by Crippen LogP contribution is -2.28. The van der Waals surface area contributed by atoms with Gasteiger partial charge in [0.2, 0.25) is 5.76 Å². The van der Waals surface area contributed by atoms with Crippen molar-refractivity contribution >= 4 is 21.4 Å². The fourth-order valence-corrected chi connectivity index (χ4v) is 6.11. The molecule has 10 heteroatoms. The second-order valence-corrected chi connectivity index (χ2v) is 9.70. The van der Waals surface area contributed by atoms with Gasteiger partial charge in [-0.15, -0.1) is 11.3 Å². The molecule has 5 nitrogen and oxygen atoms in total. The van der Waals surface area contributed by atoms with Crippen molar-refractivity contribution in [2.24, 2.45) is 0 Å². The van der Waals surface area contributed by atoms with Crippen LogP contribution in [0.2, 0.25) is 0 Å². The van der Waals surface area contributed by atoms with Crippen molar-refractivity contribution in [3.05, 3.63) is 59.9 Å². The first-order valence-corrected chi connectivity index (χ1v) is 10.7. The fraction of sp³-hybridized carbons (Fsp3) is 0.278. The molecule has 0 N–H and O–H groups in total. The molecule has 1 saturated heterocycles.